The Bertz CT molecular complexity index is 218. The first kappa shape index (κ1) is 6.93. The van der Waals surface area contributed by atoms with Crippen LogP contribution in [0.1, 0.15) is 23.7 Å². The molecule has 0 N–H and O–H groups in total. The molecule has 1 heterocycles. The summed E-state index contributed by atoms with van der Waals surface area (Å²) < 4.78 is 0. The van der Waals surface area contributed by atoms with E-state index < -0.39 is 0 Å². The van der Waals surface area contributed by atoms with Gasteiger partial charge in [0.1, 0.15) is 0 Å². The topological polar surface area (TPSA) is 30.0 Å². The third-order valence-corrected chi connectivity index (χ3v) is 1.32. The molecule has 0 amide bonds. The van der Waals surface area contributed by atoms with Crippen LogP contribution in [0.3, 0.4) is 0 Å². The molecule has 0 aliphatic carbocycles. The molecule has 0 fully saturated rings. The molecule has 0 bridgehead atoms. The zero-order valence-corrected chi connectivity index (χ0v) is 5.87. The van der Waals surface area contributed by atoms with Crippen molar-refractivity contribution in [2.45, 2.75) is 13.3 Å². The smallest absolute Gasteiger partial charge is 0.162 e. The van der Waals surface area contributed by atoms with Crippen molar-refractivity contribution in [1.29, 1.82) is 0 Å². The van der Waals surface area contributed by atoms with Gasteiger partial charge in [0, 0.05) is 24.4 Å². The van der Waals surface area contributed by atoms with Crippen LogP contribution in [0.2, 0.25) is 0 Å². The van der Waals surface area contributed by atoms with E-state index in [1.54, 1.807) is 24.5 Å². The van der Waals surface area contributed by atoms with Crippen LogP contribution < -0.4 is 0 Å². The molecule has 0 aliphatic rings. The first-order chi connectivity index (χ1) is 4.84. The molecular weight excluding hydrogens is 126 g/mol. The number of Topliss-reactive ketones (excluding diaryl/α,β-unsaturated/α-hetero) is 1. The summed E-state index contributed by atoms with van der Waals surface area (Å²) >= 11 is 0. The van der Waals surface area contributed by atoms with Gasteiger partial charge >= 0.3 is 0 Å². The number of pyridine rings is 1. The van der Waals surface area contributed by atoms with Crippen molar-refractivity contribution < 1.29 is 4.79 Å². The summed E-state index contributed by atoms with van der Waals surface area (Å²) in [4.78, 5) is 14.8. The Morgan fingerprint density at radius 3 is 2.60 bits per heavy atom. The lowest BCUT2D eigenvalue weighted by Crippen LogP contribution is -1.95. The molecule has 52 valence electrons. The molecule has 0 saturated heterocycles. The molecule has 1 rings (SSSR count). The van der Waals surface area contributed by atoms with Gasteiger partial charge in [-0.15, -0.1) is 0 Å². The van der Waals surface area contributed by atoms with Gasteiger partial charge in [0.25, 0.3) is 0 Å². The second-order valence-electron chi connectivity index (χ2n) is 2.01. The molecule has 10 heavy (non-hydrogen) atoms. The first-order valence-corrected chi connectivity index (χ1v) is 3.28. The standard InChI is InChI=1S/C8H9NO/c1-2-8(10)7-3-5-9-6-4-7/h3-6H,2H2,1H3. The van der Waals surface area contributed by atoms with Crippen molar-refractivity contribution in [1.82, 2.24) is 4.98 Å². The van der Waals surface area contributed by atoms with Crippen LogP contribution in [0.4, 0.5) is 0 Å². The minimum atomic E-state index is 0.169. The van der Waals surface area contributed by atoms with E-state index in [0.717, 1.165) is 5.56 Å². The number of nitrogens with zero attached hydrogens (tertiary/aromatic N) is 1. The molecular formula is C8H9NO. The largest absolute Gasteiger partial charge is 0.294 e. The lowest BCUT2D eigenvalue weighted by atomic mass is 10.1. The number of ketones is 1. The normalized spacial score (nSPS) is 9.30. The molecule has 1 aromatic rings. The Morgan fingerprint density at radius 1 is 1.50 bits per heavy atom. The number of carbonyl (C=O) groups excluding carboxylic acids is 1. The van der Waals surface area contributed by atoms with Crippen LogP contribution in [0.15, 0.2) is 24.5 Å². The van der Waals surface area contributed by atoms with Gasteiger partial charge in [0.2, 0.25) is 0 Å². The van der Waals surface area contributed by atoms with Gasteiger partial charge in [-0.2, -0.15) is 0 Å². The van der Waals surface area contributed by atoms with E-state index in [-0.39, 0.29) is 5.78 Å². The average Bonchev–Trinajstić information content (AvgIpc) is 2.05. The quantitative estimate of drug-likeness (QED) is 0.577. The highest BCUT2D eigenvalue weighted by Crippen LogP contribution is 1.99. The van der Waals surface area contributed by atoms with Crippen LogP contribution in [0, 0.1) is 0 Å². The van der Waals surface area contributed by atoms with Gasteiger partial charge in [0.15, 0.2) is 5.78 Å². The zero-order valence-electron chi connectivity index (χ0n) is 5.87. The van der Waals surface area contributed by atoms with Crippen LogP contribution in [-0.2, 0) is 0 Å². The Hall–Kier alpha value is -1.18. The van der Waals surface area contributed by atoms with Crippen molar-refractivity contribution in [2.24, 2.45) is 0 Å². The van der Waals surface area contributed by atoms with Crippen LogP contribution in [-0.4, -0.2) is 10.8 Å². The number of carbonyl (C=O) groups is 1. The predicted octanol–water partition coefficient (Wildman–Crippen LogP) is 1.67. The Labute approximate surface area is 59.9 Å². The molecule has 0 aromatic carbocycles. The summed E-state index contributed by atoms with van der Waals surface area (Å²) in [6, 6.07) is 3.46. The van der Waals surface area contributed by atoms with Crippen molar-refractivity contribution in [3.05, 3.63) is 30.1 Å². The molecule has 0 radical (unpaired) electrons. The summed E-state index contributed by atoms with van der Waals surface area (Å²) in [7, 11) is 0. The molecule has 0 unspecified atom stereocenters. The highest BCUT2D eigenvalue weighted by Gasteiger charge is 1.98. The highest BCUT2D eigenvalue weighted by molar-refractivity contribution is 5.95. The maximum Gasteiger partial charge on any atom is 0.162 e. The summed E-state index contributed by atoms with van der Waals surface area (Å²) in [5.41, 5.74) is 0.748. The lowest BCUT2D eigenvalue weighted by Gasteiger charge is -1.93. The Balaban J connectivity index is 2.85. The van der Waals surface area contributed by atoms with Crippen molar-refractivity contribution in [3.63, 3.8) is 0 Å². The minimum absolute atomic E-state index is 0.169. The van der Waals surface area contributed by atoms with E-state index in [1.165, 1.54) is 0 Å². The number of hydrogen-bond acceptors (Lipinski definition) is 2. The predicted molar refractivity (Wildman–Crippen MR) is 38.9 cm³/mol. The van der Waals surface area contributed by atoms with E-state index in [2.05, 4.69) is 4.98 Å². The SMILES string of the molecule is CCC(=O)c1ccncc1. The molecule has 2 nitrogen and oxygen atoms in total. The number of rotatable bonds is 2. The Kier molecular flexibility index (Phi) is 2.15. The molecule has 0 saturated carbocycles. The van der Waals surface area contributed by atoms with E-state index in [1.807, 2.05) is 6.92 Å². The third-order valence-electron chi connectivity index (χ3n) is 1.32. The maximum atomic E-state index is 11.0. The van der Waals surface area contributed by atoms with E-state index in [4.69, 9.17) is 0 Å². The van der Waals surface area contributed by atoms with Gasteiger partial charge < -0.3 is 0 Å². The monoisotopic (exact) mass is 135 g/mol. The molecule has 1 aromatic heterocycles. The maximum absolute atomic E-state index is 11.0. The highest BCUT2D eigenvalue weighted by atomic mass is 16.1. The van der Waals surface area contributed by atoms with Crippen molar-refractivity contribution in [2.75, 3.05) is 0 Å². The number of aromatic nitrogens is 1. The summed E-state index contributed by atoms with van der Waals surface area (Å²) in [5.74, 6) is 0.169. The molecule has 0 spiro atoms. The number of hydrogen-bond donors (Lipinski definition) is 0. The zero-order chi connectivity index (χ0) is 7.40. The van der Waals surface area contributed by atoms with Crippen LogP contribution in [0.5, 0.6) is 0 Å². The van der Waals surface area contributed by atoms with Gasteiger partial charge in [-0.3, -0.25) is 9.78 Å². The summed E-state index contributed by atoms with van der Waals surface area (Å²) in [6.07, 6.45) is 3.82. The third kappa shape index (κ3) is 1.41. The van der Waals surface area contributed by atoms with E-state index in [9.17, 15) is 4.79 Å². The van der Waals surface area contributed by atoms with E-state index in [0.29, 0.717) is 6.42 Å². The fourth-order valence-corrected chi connectivity index (χ4v) is 0.742. The van der Waals surface area contributed by atoms with E-state index >= 15 is 0 Å². The van der Waals surface area contributed by atoms with Gasteiger partial charge in [-0.1, -0.05) is 6.92 Å². The fourth-order valence-electron chi connectivity index (χ4n) is 0.742. The minimum Gasteiger partial charge on any atom is -0.294 e. The van der Waals surface area contributed by atoms with Crippen molar-refractivity contribution >= 4 is 5.78 Å². The molecule has 2 heteroatoms. The van der Waals surface area contributed by atoms with Gasteiger partial charge in [-0.05, 0) is 12.1 Å². The summed E-state index contributed by atoms with van der Waals surface area (Å²) in [6.45, 7) is 1.85. The molecule has 0 atom stereocenters. The average molecular weight is 135 g/mol. The van der Waals surface area contributed by atoms with Crippen LogP contribution >= 0.6 is 0 Å². The lowest BCUT2D eigenvalue weighted by molar-refractivity contribution is 0.0988. The van der Waals surface area contributed by atoms with Crippen molar-refractivity contribution in [3.8, 4) is 0 Å². The Morgan fingerprint density at radius 2 is 2.10 bits per heavy atom. The first-order valence-electron chi connectivity index (χ1n) is 3.28. The molecule has 0 aliphatic heterocycles. The van der Waals surface area contributed by atoms with Gasteiger partial charge in [0.05, 0.1) is 0 Å². The second-order valence-corrected chi connectivity index (χ2v) is 2.01. The summed E-state index contributed by atoms with van der Waals surface area (Å²) in [5, 5.41) is 0. The van der Waals surface area contributed by atoms with Gasteiger partial charge in [-0.25, -0.2) is 0 Å². The fraction of sp³-hybridized carbons (Fsp3) is 0.250. The van der Waals surface area contributed by atoms with Crippen LogP contribution in [0.25, 0.3) is 0 Å². The second kappa shape index (κ2) is 3.11.